The first-order chi connectivity index (χ1) is 33.8. The van der Waals surface area contributed by atoms with E-state index in [2.05, 4.69) is 244 Å². The van der Waals surface area contributed by atoms with E-state index in [1.54, 1.807) is 0 Å². The number of aromatic nitrogens is 1. The minimum atomic E-state index is -2.12. The topological polar surface area (TPSA) is 4.93 Å². The quantitative estimate of drug-likeness (QED) is 0.0946. The van der Waals surface area contributed by atoms with Gasteiger partial charge in [0.1, 0.15) is 8.07 Å². The number of fused-ring (bicyclic) bond motifs is 18. The zero-order chi connectivity index (χ0) is 45.9. The first kappa shape index (κ1) is 39.0. The van der Waals surface area contributed by atoms with E-state index in [0.29, 0.717) is 0 Å². The van der Waals surface area contributed by atoms with Gasteiger partial charge in [-0.15, -0.1) is 0 Å². The summed E-state index contributed by atoms with van der Waals surface area (Å²) in [5.74, 6) is 0. The standard InChI is InChI=1S/C67H47NSi/c1-67(2)59-29-17-16-24-47(59)53-33-34-54-57-36-40(31-35-60(57)68(66(54)65(53)67)42-18-6-5-7-19-42)63-49-25-12-14-27-51(49)64(52-28-15-13-26-50(52)63)41-30-32-48-58-38-55-45-22-10-8-20-43(45)44-21-9-11-23-46(44)56(55)39-62(58)69(3,4)61(48)37-41/h5-39H,1-4H3. The summed E-state index contributed by atoms with van der Waals surface area (Å²) in [6, 6.07) is 80.8. The fourth-order valence-corrected chi connectivity index (χ4v) is 16.5. The van der Waals surface area contributed by atoms with Gasteiger partial charge in [0, 0.05) is 21.9 Å². The summed E-state index contributed by atoms with van der Waals surface area (Å²) in [7, 11) is -2.12. The van der Waals surface area contributed by atoms with Crippen LogP contribution in [0.5, 0.6) is 0 Å². The summed E-state index contributed by atoms with van der Waals surface area (Å²) in [5, 5.41) is 18.8. The van der Waals surface area contributed by atoms with E-state index in [0.717, 1.165) is 0 Å². The van der Waals surface area contributed by atoms with Gasteiger partial charge in [-0.05, 0) is 150 Å². The average Bonchev–Trinajstić information content (AvgIpc) is 3.93. The summed E-state index contributed by atoms with van der Waals surface area (Å²) >= 11 is 0. The summed E-state index contributed by atoms with van der Waals surface area (Å²) in [4.78, 5) is 0. The second kappa shape index (κ2) is 13.8. The largest absolute Gasteiger partial charge is 0.309 e. The molecule has 0 amide bonds. The number of hydrogen-bond acceptors (Lipinski definition) is 0. The lowest BCUT2D eigenvalue weighted by atomic mass is 9.81. The highest BCUT2D eigenvalue weighted by Crippen LogP contribution is 2.54. The molecule has 15 rings (SSSR count). The number of benzene rings is 12. The van der Waals surface area contributed by atoms with Gasteiger partial charge >= 0.3 is 0 Å². The van der Waals surface area contributed by atoms with Crippen molar-refractivity contribution in [3.8, 4) is 50.2 Å². The number of para-hydroxylation sites is 1. The van der Waals surface area contributed by atoms with E-state index in [1.165, 1.54) is 147 Å². The lowest BCUT2D eigenvalue weighted by Gasteiger charge is -2.23. The Kier molecular flexibility index (Phi) is 7.79. The summed E-state index contributed by atoms with van der Waals surface area (Å²) < 4.78 is 2.53. The summed E-state index contributed by atoms with van der Waals surface area (Å²) in [6.07, 6.45) is 0. The minimum absolute atomic E-state index is 0.159. The first-order valence-electron chi connectivity index (χ1n) is 24.5. The molecule has 0 bridgehead atoms. The van der Waals surface area contributed by atoms with E-state index >= 15 is 0 Å². The molecule has 13 aromatic rings. The van der Waals surface area contributed by atoms with Crippen LogP contribution >= 0.6 is 0 Å². The van der Waals surface area contributed by atoms with E-state index in [1.807, 2.05) is 0 Å². The predicted octanol–water partition coefficient (Wildman–Crippen LogP) is 17.0. The molecule has 0 saturated heterocycles. The Balaban J connectivity index is 0.945. The third-order valence-electron chi connectivity index (χ3n) is 16.5. The minimum Gasteiger partial charge on any atom is -0.309 e. The molecule has 1 aromatic heterocycles. The monoisotopic (exact) mass is 893 g/mol. The van der Waals surface area contributed by atoms with Crippen LogP contribution < -0.4 is 10.4 Å². The van der Waals surface area contributed by atoms with Gasteiger partial charge in [0.05, 0.1) is 11.0 Å². The molecule has 324 valence electrons. The molecule has 1 nitrogen and oxygen atoms in total. The van der Waals surface area contributed by atoms with Crippen molar-refractivity contribution in [1.82, 2.24) is 4.57 Å². The van der Waals surface area contributed by atoms with Gasteiger partial charge in [-0.1, -0.05) is 209 Å². The Morgan fingerprint density at radius 2 is 0.841 bits per heavy atom. The van der Waals surface area contributed by atoms with Gasteiger partial charge in [0.25, 0.3) is 0 Å². The van der Waals surface area contributed by atoms with Crippen molar-refractivity contribution in [2.75, 3.05) is 0 Å². The van der Waals surface area contributed by atoms with Gasteiger partial charge in [0.2, 0.25) is 0 Å². The van der Waals surface area contributed by atoms with Gasteiger partial charge in [-0.2, -0.15) is 0 Å². The van der Waals surface area contributed by atoms with Crippen LogP contribution in [0.25, 0.3) is 126 Å². The maximum atomic E-state index is 2.58. The summed E-state index contributed by atoms with van der Waals surface area (Å²) in [5.41, 5.74) is 17.0. The first-order valence-corrected chi connectivity index (χ1v) is 27.5. The smallest absolute Gasteiger partial charge is 0.113 e. The maximum absolute atomic E-state index is 2.58. The van der Waals surface area contributed by atoms with Crippen LogP contribution in [0.15, 0.2) is 212 Å². The molecule has 69 heavy (non-hydrogen) atoms. The molecule has 2 aliphatic rings. The lowest BCUT2D eigenvalue weighted by molar-refractivity contribution is 0.664. The van der Waals surface area contributed by atoms with E-state index in [9.17, 15) is 0 Å². The number of rotatable bonds is 3. The molecule has 1 aliphatic heterocycles. The molecule has 12 aromatic carbocycles. The normalized spacial score (nSPS) is 14.3. The highest BCUT2D eigenvalue weighted by molar-refractivity contribution is 7.04. The van der Waals surface area contributed by atoms with Crippen molar-refractivity contribution >= 4 is 94.1 Å². The Morgan fingerprint density at radius 1 is 0.348 bits per heavy atom. The second-order valence-corrected chi connectivity index (χ2v) is 25.0. The average molecular weight is 894 g/mol. The van der Waals surface area contributed by atoms with Crippen molar-refractivity contribution in [3.63, 3.8) is 0 Å². The van der Waals surface area contributed by atoms with Crippen molar-refractivity contribution in [1.29, 1.82) is 0 Å². The zero-order valence-electron chi connectivity index (χ0n) is 39.2. The molecule has 1 aliphatic carbocycles. The fraction of sp³-hybridized carbons (Fsp3) is 0.0746. The second-order valence-electron chi connectivity index (χ2n) is 20.7. The molecule has 0 saturated carbocycles. The van der Waals surface area contributed by atoms with Crippen LogP contribution in [-0.4, -0.2) is 12.6 Å². The van der Waals surface area contributed by atoms with Crippen molar-refractivity contribution in [2.24, 2.45) is 0 Å². The van der Waals surface area contributed by atoms with Crippen molar-refractivity contribution in [3.05, 3.63) is 223 Å². The van der Waals surface area contributed by atoms with E-state index in [-0.39, 0.29) is 5.41 Å². The molecule has 0 radical (unpaired) electrons. The highest BCUT2D eigenvalue weighted by atomic mass is 28.3. The fourth-order valence-electron chi connectivity index (χ4n) is 13.4. The third-order valence-corrected chi connectivity index (χ3v) is 20.0. The zero-order valence-corrected chi connectivity index (χ0v) is 40.2. The Hall–Kier alpha value is -8.04. The molecule has 0 unspecified atom stereocenters. The number of hydrogen-bond donors (Lipinski definition) is 0. The molecule has 0 fully saturated rings. The Bertz CT molecular complexity index is 4360. The van der Waals surface area contributed by atoms with Crippen LogP contribution in [0.4, 0.5) is 0 Å². The van der Waals surface area contributed by atoms with E-state index < -0.39 is 8.07 Å². The van der Waals surface area contributed by atoms with Crippen LogP contribution in [0, 0.1) is 0 Å². The Labute approximate surface area is 402 Å². The molecule has 0 atom stereocenters. The van der Waals surface area contributed by atoms with Crippen LogP contribution in [-0.2, 0) is 5.41 Å². The van der Waals surface area contributed by atoms with Crippen molar-refractivity contribution in [2.45, 2.75) is 32.4 Å². The lowest BCUT2D eigenvalue weighted by Crippen LogP contribution is -2.49. The molecular formula is C67H47NSi. The Morgan fingerprint density at radius 3 is 1.48 bits per heavy atom. The van der Waals surface area contributed by atoms with E-state index in [4.69, 9.17) is 0 Å². The van der Waals surface area contributed by atoms with Gasteiger partial charge < -0.3 is 4.57 Å². The summed E-state index contributed by atoms with van der Waals surface area (Å²) in [6.45, 7) is 9.94. The van der Waals surface area contributed by atoms with Gasteiger partial charge in [0.15, 0.2) is 0 Å². The molecular weight excluding hydrogens is 847 g/mol. The molecule has 0 N–H and O–H groups in total. The molecule has 0 spiro atoms. The SMILES string of the molecule is CC1(C)c2ccccc2-c2ccc3c4cc(-c5c6ccccc6c(-c6ccc7c(c6)[Si](C)(C)c6cc8c9ccccc9c9ccccc9c8cc6-7)c6ccccc56)ccc4n(-c4ccccc4)c3c21. The molecule has 2 heterocycles. The van der Waals surface area contributed by atoms with Crippen LogP contribution in [0.2, 0.25) is 13.1 Å². The van der Waals surface area contributed by atoms with Crippen LogP contribution in [0.1, 0.15) is 25.0 Å². The van der Waals surface area contributed by atoms with Crippen molar-refractivity contribution < 1.29 is 0 Å². The molecule has 2 heteroatoms. The van der Waals surface area contributed by atoms with Gasteiger partial charge in [-0.3, -0.25) is 0 Å². The van der Waals surface area contributed by atoms with Gasteiger partial charge in [-0.25, -0.2) is 0 Å². The predicted molar refractivity (Wildman–Crippen MR) is 299 cm³/mol. The van der Waals surface area contributed by atoms with Crippen LogP contribution in [0.3, 0.4) is 0 Å². The highest BCUT2D eigenvalue weighted by Gasteiger charge is 2.40. The maximum Gasteiger partial charge on any atom is 0.113 e. The third kappa shape index (κ3) is 5.14. The number of nitrogens with zero attached hydrogens (tertiary/aromatic N) is 1.